The van der Waals surface area contributed by atoms with E-state index in [1.807, 2.05) is 0 Å². The van der Waals surface area contributed by atoms with Gasteiger partial charge in [-0.2, -0.15) is 0 Å². The van der Waals surface area contributed by atoms with Gasteiger partial charge in [-0.15, -0.1) is 0 Å². The van der Waals surface area contributed by atoms with E-state index in [0.29, 0.717) is 18.4 Å². The molecule has 1 aliphatic carbocycles. The number of hydrogen-bond acceptors (Lipinski definition) is 2. The fourth-order valence-corrected chi connectivity index (χ4v) is 2.28. The Labute approximate surface area is 110 Å². The van der Waals surface area contributed by atoms with Gasteiger partial charge < -0.3 is 10.4 Å². The lowest BCUT2D eigenvalue weighted by Gasteiger charge is -2.36. The first-order valence-corrected chi connectivity index (χ1v) is 6.27. The fourth-order valence-electron chi connectivity index (χ4n) is 2.28. The molecule has 4 nitrogen and oxygen atoms in total. The Hall–Kier alpha value is -1.91. The maximum absolute atomic E-state index is 13.3. The molecule has 0 heterocycles. The molecule has 0 aromatic heterocycles. The Morgan fingerprint density at radius 2 is 2.00 bits per heavy atom. The van der Waals surface area contributed by atoms with Crippen LogP contribution in [0.4, 0.5) is 4.39 Å². The van der Waals surface area contributed by atoms with E-state index in [9.17, 15) is 14.0 Å². The van der Waals surface area contributed by atoms with Crippen LogP contribution in [0.2, 0.25) is 0 Å². The average Bonchev–Trinajstić information content (AvgIpc) is 2.32. The van der Waals surface area contributed by atoms with Gasteiger partial charge in [-0.05, 0) is 18.9 Å². The second-order valence-electron chi connectivity index (χ2n) is 4.98. The Balaban J connectivity index is 1.89. The topological polar surface area (TPSA) is 66.4 Å². The number of hydrogen-bond donors (Lipinski definition) is 2. The minimum atomic E-state index is -0.917. The summed E-state index contributed by atoms with van der Waals surface area (Å²) >= 11 is 0. The minimum absolute atomic E-state index is 0.0310. The third-order valence-corrected chi connectivity index (χ3v) is 3.70. The van der Waals surface area contributed by atoms with Crippen molar-refractivity contribution in [3.05, 3.63) is 35.6 Å². The summed E-state index contributed by atoms with van der Waals surface area (Å²) in [4.78, 5) is 22.9. The van der Waals surface area contributed by atoms with E-state index in [2.05, 4.69) is 5.32 Å². The van der Waals surface area contributed by atoms with Crippen LogP contribution in [0.5, 0.6) is 0 Å². The third kappa shape index (κ3) is 2.92. The lowest BCUT2D eigenvalue weighted by atomic mass is 9.66. The van der Waals surface area contributed by atoms with Gasteiger partial charge in [0.05, 0.1) is 5.41 Å². The molecule has 1 aromatic carbocycles. The molecule has 102 valence electrons. The van der Waals surface area contributed by atoms with Crippen LogP contribution in [0.3, 0.4) is 0 Å². The zero-order valence-corrected chi connectivity index (χ0v) is 10.5. The van der Waals surface area contributed by atoms with Crippen LogP contribution < -0.4 is 5.32 Å². The maximum atomic E-state index is 13.3. The zero-order chi connectivity index (χ0) is 13.9. The van der Waals surface area contributed by atoms with Gasteiger partial charge in [0.2, 0.25) is 5.91 Å². The highest BCUT2D eigenvalue weighted by atomic mass is 19.1. The monoisotopic (exact) mass is 265 g/mol. The van der Waals surface area contributed by atoms with Crippen molar-refractivity contribution in [2.75, 3.05) is 0 Å². The van der Waals surface area contributed by atoms with Crippen molar-refractivity contribution < 1.29 is 19.1 Å². The predicted molar refractivity (Wildman–Crippen MR) is 66.8 cm³/mol. The normalized spacial score (nSPS) is 16.5. The van der Waals surface area contributed by atoms with Crippen molar-refractivity contribution in [2.45, 2.75) is 32.2 Å². The molecule has 19 heavy (non-hydrogen) atoms. The Bertz CT molecular complexity index is 497. The fraction of sp³-hybridized carbons (Fsp3) is 0.429. The molecule has 0 aliphatic heterocycles. The van der Waals surface area contributed by atoms with Crippen molar-refractivity contribution in [3.63, 3.8) is 0 Å². The van der Waals surface area contributed by atoms with Gasteiger partial charge in [-0.3, -0.25) is 9.59 Å². The van der Waals surface area contributed by atoms with Crippen LogP contribution in [-0.4, -0.2) is 17.0 Å². The number of halogens is 1. The predicted octanol–water partition coefficient (Wildman–Crippen LogP) is 2.09. The summed E-state index contributed by atoms with van der Waals surface area (Å²) in [5, 5.41) is 11.7. The molecule has 0 radical (unpaired) electrons. The Kier molecular flexibility index (Phi) is 3.83. The van der Waals surface area contributed by atoms with Crippen LogP contribution in [-0.2, 0) is 16.1 Å². The van der Waals surface area contributed by atoms with Crippen molar-refractivity contribution in [1.82, 2.24) is 5.32 Å². The van der Waals surface area contributed by atoms with E-state index in [1.165, 1.54) is 6.07 Å². The molecule has 1 aliphatic rings. The first kappa shape index (κ1) is 13.5. The van der Waals surface area contributed by atoms with E-state index in [-0.39, 0.29) is 24.7 Å². The summed E-state index contributed by atoms with van der Waals surface area (Å²) in [6.45, 7) is 0.0845. The van der Waals surface area contributed by atoms with Crippen LogP contribution in [0, 0.1) is 11.2 Å². The van der Waals surface area contributed by atoms with Gasteiger partial charge in [0, 0.05) is 18.5 Å². The lowest BCUT2D eigenvalue weighted by Crippen LogP contribution is -2.42. The van der Waals surface area contributed by atoms with E-state index in [4.69, 9.17) is 5.11 Å². The lowest BCUT2D eigenvalue weighted by molar-refractivity contribution is -0.157. The molecule has 1 aromatic rings. The summed E-state index contributed by atoms with van der Waals surface area (Å²) in [6.07, 6.45) is 1.88. The number of nitrogens with one attached hydrogen (secondary N) is 1. The summed E-state index contributed by atoms with van der Waals surface area (Å²) in [5.74, 6) is -1.63. The summed E-state index contributed by atoms with van der Waals surface area (Å²) in [7, 11) is 0. The molecular weight excluding hydrogens is 249 g/mol. The summed E-state index contributed by atoms with van der Waals surface area (Å²) < 4.78 is 13.3. The second kappa shape index (κ2) is 5.38. The highest BCUT2D eigenvalue weighted by Crippen LogP contribution is 2.44. The number of carbonyl (C=O) groups is 2. The Morgan fingerprint density at radius 1 is 1.32 bits per heavy atom. The molecule has 5 heteroatoms. The number of carbonyl (C=O) groups excluding carboxylic acids is 1. The zero-order valence-electron chi connectivity index (χ0n) is 10.5. The summed E-state index contributed by atoms with van der Waals surface area (Å²) in [5.41, 5.74) is -0.506. The molecule has 1 amide bonds. The van der Waals surface area contributed by atoms with Crippen molar-refractivity contribution in [1.29, 1.82) is 0 Å². The smallest absolute Gasteiger partial charge is 0.310 e. The molecule has 1 fully saturated rings. The second-order valence-corrected chi connectivity index (χ2v) is 4.98. The van der Waals surface area contributed by atoms with Gasteiger partial charge in [-0.25, -0.2) is 4.39 Å². The van der Waals surface area contributed by atoms with E-state index >= 15 is 0 Å². The number of carboxylic acids is 1. The first-order valence-electron chi connectivity index (χ1n) is 6.27. The molecular formula is C14H16FNO3. The molecule has 2 rings (SSSR count). The molecule has 0 atom stereocenters. The molecule has 0 bridgehead atoms. The number of carboxylic acid groups (broad SMARTS) is 1. The third-order valence-electron chi connectivity index (χ3n) is 3.70. The van der Waals surface area contributed by atoms with Crippen LogP contribution in [0.15, 0.2) is 24.3 Å². The van der Waals surface area contributed by atoms with Crippen molar-refractivity contribution >= 4 is 11.9 Å². The van der Waals surface area contributed by atoms with Crippen LogP contribution >= 0.6 is 0 Å². The standard InChI is InChI=1S/C14H16FNO3/c15-11-5-2-1-4-10(11)9-16-12(17)8-14(13(18)19)6-3-7-14/h1-2,4-5H,3,6-9H2,(H,16,17)(H,18,19). The first-order chi connectivity index (χ1) is 9.03. The number of aliphatic carboxylic acids is 1. The maximum Gasteiger partial charge on any atom is 0.310 e. The number of amides is 1. The summed E-state index contributed by atoms with van der Waals surface area (Å²) in [6, 6.07) is 6.18. The molecule has 0 unspecified atom stereocenters. The quantitative estimate of drug-likeness (QED) is 0.856. The van der Waals surface area contributed by atoms with Gasteiger partial charge in [0.1, 0.15) is 5.82 Å². The highest BCUT2D eigenvalue weighted by Gasteiger charge is 2.45. The van der Waals surface area contributed by atoms with Gasteiger partial charge in [0.25, 0.3) is 0 Å². The minimum Gasteiger partial charge on any atom is -0.481 e. The largest absolute Gasteiger partial charge is 0.481 e. The van der Waals surface area contributed by atoms with E-state index < -0.39 is 11.4 Å². The molecule has 1 saturated carbocycles. The number of rotatable bonds is 5. The van der Waals surface area contributed by atoms with Crippen molar-refractivity contribution in [2.24, 2.45) is 5.41 Å². The van der Waals surface area contributed by atoms with Crippen LogP contribution in [0.25, 0.3) is 0 Å². The Morgan fingerprint density at radius 3 is 2.53 bits per heavy atom. The van der Waals surface area contributed by atoms with Gasteiger partial charge >= 0.3 is 5.97 Å². The van der Waals surface area contributed by atoms with Crippen molar-refractivity contribution in [3.8, 4) is 0 Å². The van der Waals surface area contributed by atoms with Crippen LogP contribution in [0.1, 0.15) is 31.2 Å². The molecule has 0 saturated heterocycles. The van der Waals surface area contributed by atoms with Gasteiger partial charge in [0.15, 0.2) is 0 Å². The SMILES string of the molecule is O=C(CC1(C(=O)O)CCC1)NCc1ccccc1F. The van der Waals surface area contributed by atoms with E-state index in [1.54, 1.807) is 18.2 Å². The van der Waals surface area contributed by atoms with Gasteiger partial charge in [-0.1, -0.05) is 24.6 Å². The number of benzene rings is 1. The molecule has 0 spiro atoms. The molecule has 2 N–H and O–H groups in total. The highest BCUT2D eigenvalue weighted by molar-refractivity contribution is 5.85. The average molecular weight is 265 g/mol. The van der Waals surface area contributed by atoms with E-state index in [0.717, 1.165) is 6.42 Å².